The number of hydrogen-bond donors (Lipinski definition) is 2. The molecule has 2 fully saturated rings. The Labute approximate surface area is 164 Å². The average molecular weight is 380 g/mol. The van der Waals surface area contributed by atoms with E-state index in [1.54, 1.807) is 0 Å². The van der Waals surface area contributed by atoms with Gasteiger partial charge in [0.2, 0.25) is 5.91 Å². The topological polar surface area (TPSA) is 58.4 Å². The Bertz CT molecular complexity index is 560. The van der Waals surface area contributed by atoms with Crippen molar-refractivity contribution < 1.29 is 4.79 Å². The monoisotopic (exact) mass is 379 g/mol. The van der Waals surface area contributed by atoms with Gasteiger partial charge in [0.1, 0.15) is 0 Å². The van der Waals surface area contributed by atoms with Crippen molar-refractivity contribution in [3.8, 4) is 0 Å². The van der Waals surface area contributed by atoms with Gasteiger partial charge < -0.3 is 11.1 Å². The molecule has 0 radical (unpaired) electrons. The van der Waals surface area contributed by atoms with Crippen LogP contribution < -0.4 is 11.1 Å². The Kier molecular flexibility index (Phi) is 7.93. The number of nitrogens with two attached hydrogens (primary N) is 1. The molecule has 1 aromatic rings. The SMILES string of the molecule is CC1CCC(NC(=O)C(C)N2C[C@@H](CN)[C@H](c3ccccc3)C2)CC1.Cl. The van der Waals surface area contributed by atoms with Crippen LogP contribution in [0.3, 0.4) is 0 Å². The van der Waals surface area contributed by atoms with E-state index < -0.39 is 0 Å². The molecule has 0 aromatic heterocycles. The summed E-state index contributed by atoms with van der Waals surface area (Å²) >= 11 is 0. The number of nitrogens with zero attached hydrogens (tertiary/aromatic N) is 1. The highest BCUT2D eigenvalue weighted by Crippen LogP contribution is 2.33. The van der Waals surface area contributed by atoms with Crippen LogP contribution >= 0.6 is 12.4 Å². The van der Waals surface area contributed by atoms with E-state index in [4.69, 9.17) is 5.73 Å². The van der Waals surface area contributed by atoms with Crippen molar-refractivity contribution in [2.45, 2.75) is 57.5 Å². The van der Waals surface area contributed by atoms with Crippen LogP contribution in [0.15, 0.2) is 30.3 Å². The number of carbonyl (C=O) groups is 1. The van der Waals surface area contributed by atoms with Crippen molar-refractivity contribution in [1.29, 1.82) is 0 Å². The summed E-state index contributed by atoms with van der Waals surface area (Å²) in [5, 5.41) is 3.29. The van der Waals surface area contributed by atoms with E-state index in [2.05, 4.69) is 47.5 Å². The van der Waals surface area contributed by atoms with Crippen LogP contribution in [-0.4, -0.2) is 42.5 Å². The zero-order valence-electron chi connectivity index (χ0n) is 16.1. The summed E-state index contributed by atoms with van der Waals surface area (Å²) in [6.07, 6.45) is 4.71. The standard InChI is InChI=1S/C21H33N3O.ClH/c1-15-8-10-19(11-9-15)23-21(25)16(2)24-13-18(12-22)20(14-24)17-6-4-3-5-7-17;/h3-7,15-16,18-20H,8-14,22H2,1-2H3,(H,23,25);1H/t15?,16?,18-,19?,20+;/m1./s1. The number of halogens is 1. The fourth-order valence-corrected chi connectivity index (χ4v) is 4.43. The van der Waals surface area contributed by atoms with Crippen LogP contribution in [0.2, 0.25) is 0 Å². The van der Waals surface area contributed by atoms with E-state index >= 15 is 0 Å². The van der Waals surface area contributed by atoms with E-state index in [9.17, 15) is 4.79 Å². The average Bonchev–Trinajstić information content (AvgIpc) is 3.08. The Morgan fingerprint density at radius 2 is 1.85 bits per heavy atom. The fourth-order valence-electron chi connectivity index (χ4n) is 4.43. The largest absolute Gasteiger partial charge is 0.352 e. The van der Waals surface area contributed by atoms with Crippen LogP contribution in [-0.2, 0) is 4.79 Å². The molecule has 5 heteroatoms. The minimum atomic E-state index is -0.0814. The number of carbonyl (C=O) groups excluding carboxylic acids is 1. The Hall–Kier alpha value is -1.10. The van der Waals surface area contributed by atoms with Gasteiger partial charge in [-0.2, -0.15) is 0 Å². The first kappa shape index (κ1) is 21.2. The molecule has 0 bridgehead atoms. The molecule has 1 heterocycles. The molecule has 1 amide bonds. The first-order chi connectivity index (χ1) is 12.1. The molecule has 0 spiro atoms. The molecule has 146 valence electrons. The number of likely N-dealkylation sites (tertiary alicyclic amines) is 1. The molecular weight excluding hydrogens is 346 g/mol. The normalized spacial score (nSPS) is 30.4. The smallest absolute Gasteiger partial charge is 0.237 e. The molecule has 1 aliphatic heterocycles. The maximum absolute atomic E-state index is 12.7. The minimum absolute atomic E-state index is 0. The van der Waals surface area contributed by atoms with Gasteiger partial charge in [-0.15, -0.1) is 12.4 Å². The van der Waals surface area contributed by atoms with Gasteiger partial charge in [0.05, 0.1) is 6.04 Å². The lowest BCUT2D eigenvalue weighted by atomic mass is 9.87. The minimum Gasteiger partial charge on any atom is -0.352 e. The molecule has 2 aliphatic rings. The Morgan fingerprint density at radius 3 is 2.46 bits per heavy atom. The van der Waals surface area contributed by atoms with Crippen molar-refractivity contribution in [2.75, 3.05) is 19.6 Å². The first-order valence-electron chi connectivity index (χ1n) is 9.88. The highest BCUT2D eigenvalue weighted by atomic mass is 35.5. The van der Waals surface area contributed by atoms with Crippen molar-refractivity contribution in [1.82, 2.24) is 10.2 Å². The van der Waals surface area contributed by atoms with Crippen molar-refractivity contribution in [3.63, 3.8) is 0 Å². The maximum atomic E-state index is 12.7. The maximum Gasteiger partial charge on any atom is 0.237 e. The molecule has 1 saturated heterocycles. The van der Waals surface area contributed by atoms with Crippen LogP contribution in [0.1, 0.15) is 51.0 Å². The predicted octanol–water partition coefficient (Wildman–Crippen LogP) is 3.17. The lowest BCUT2D eigenvalue weighted by molar-refractivity contribution is -0.126. The highest BCUT2D eigenvalue weighted by Gasteiger charge is 2.37. The van der Waals surface area contributed by atoms with Crippen molar-refractivity contribution in [3.05, 3.63) is 35.9 Å². The van der Waals surface area contributed by atoms with Crippen LogP contribution in [0, 0.1) is 11.8 Å². The van der Waals surface area contributed by atoms with Crippen LogP contribution in [0.5, 0.6) is 0 Å². The lowest BCUT2D eigenvalue weighted by Crippen LogP contribution is -2.48. The summed E-state index contributed by atoms with van der Waals surface area (Å²) < 4.78 is 0. The zero-order chi connectivity index (χ0) is 17.8. The van der Waals surface area contributed by atoms with Gasteiger partial charge in [-0.1, -0.05) is 37.3 Å². The van der Waals surface area contributed by atoms with Gasteiger partial charge in [-0.3, -0.25) is 9.69 Å². The van der Waals surface area contributed by atoms with E-state index in [1.165, 1.54) is 18.4 Å². The molecule has 3 rings (SSSR count). The number of hydrogen-bond acceptors (Lipinski definition) is 3. The molecule has 3 N–H and O–H groups in total. The van der Waals surface area contributed by atoms with Gasteiger partial charge in [-0.05, 0) is 56.6 Å². The number of amides is 1. The number of rotatable bonds is 5. The summed E-state index contributed by atoms with van der Waals surface area (Å²) in [5.74, 6) is 1.84. The lowest BCUT2D eigenvalue weighted by Gasteiger charge is -2.30. The third kappa shape index (κ3) is 4.99. The van der Waals surface area contributed by atoms with Crippen molar-refractivity contribution in [2.24, 2.45) is 17.6 Å². The summed E-state index contributed by atoms with van der Waals surface area (Å²) in [4.78, 5) is 15.0. The molecule has 1 aliphatic carbocycles. The van der Waals surface area contributed by atoms with Crippen LogP contribution in [0.25, 0.3) is 0 Å². The summed E-state index contributed by atoms with van der Waals surface area (Å²) in [7, 11) is 0. The molecule has 1 saturated carbocycles. The second kappa shape index (κ2) is 9.72. The second-order valence-electron chi connectivity index (χ2n) is 8.11. The zero-order valence-corrected chi connectivity index (χ0v) is 16.9. The van der Waals surface area contributed by atoms with Gasteiger partial charge in [0.25, 0.3) is 0 Å². The van der Waals surface area contributed by atoms with Gasteiger partial charge in [0, 0.05) is 25.0 Å². The highest BCUT2D eigenvalue weighted by molar-refractivity contribution is 5.85. The van der Waals surface area contributed by atoms with Gasteiger partial charge >= 0.3 is 0 Å². The molecular formula is C21H34ClN3O. The molecule has 4 nitrogen and oxygen atoms in total. The summed E-state index contributed by atoms with van der Waals surface area (Å²) in [5.41, 5.74) is 7.38. The van der Waals surface area contributed by atoms with E-state index in [1.807, 2.05) is 6.92 Å². The number of benzene rings is 1. The van der Waals surface area contributed by atoms with Crippen LogP contribution in [0.4, 0.5) is 0 Å². The third-order valence-electron chi connectivity index (χ3n) is 6.29. The molecule has 1 aromatic carbocycles. The Morgan fingerprint density at radius 1 is 1.19 bits per heavy atom. The molecule has 1 unspecified atom stereocenters. The predicted molar refractivity (Wildman–Crippen MR) is 110 cm³/mol. The van der Waals surface area contributed by atoms with Gasteiger partial charge in [-0.25, -0.2) is 0 Å². The third-order valence-corrected chi connectivity index (χ3v) is 6.29. The summed E-state index contributed by atoms with van der Waals surface area (Å²) in [6.45, 7) is 6.85. The first-order valence-corrected chi connectivity index (χ1v) is 9.88. The summed E-state index contributed by atoms with van der Waals surface area (Å²) in [6, 6.07) is 10.9. The Balaban J connectivity index is 0.00000243. The second-order valence-corrected chi connectivity index (χ2v) is 8.11. The fraction of sp³-hybridized carbons (Fsp3) is 0.667. The molecule has 3 atom stereocenters. The number of nitrogens with one attached hydrogen (secondary N) is 1. The van der Waals surface area contributed by atoms with Gasteiger partial charge in [0.15, 0.2) is 0 Å². The molecule has 26 heavy (non-hydrogen) atoms. The quantitative estimate of drug-likeness (QED) is 0.826. The van der Waals surface area contributed by atoms with E-state index in [0.29, 0.717) is 24.4 Å². The van der Waals surface area contributed by atoms with Crippen molar-refractivity contribution >= 4 is 18.3 Å². The van der Waals surface area contributed by atoms with E-state index in [0.717, 1.165) is 31.8 Å². The van der Waals surface area contributed by atoms with E-state index in [-0.39, 0.29) is 24.4 Å².